The Morgan fingerprint density at radius 2 is 1.86 bits per heavy atom. The minimum atomic E-state index is -0.552. The highest BCUT2D eigenvalue weighted by Gasteiger charge is 2.22. The SMILES string of the molecule is CCOC(=O)C(Nc1ccccc1C)c1ccc(Cl)cc1. The molecule has 0 heterocycles. The van der Waals surface area contributed by atoms with Crippen molar-refractivity contribution in [2.24, 2.45) is 0 Å². The quantitative estimate of drug-likeness (QED) is 0.834. The number of carbonyl (C=O) groups is 1. The summed E-state index contributed by atoms with van der Waals surface area (Å²) in [6.07, 6.45) is 0. The lowest BCUT2D eigenvalue weighted by atomic mass is 10.1. The molecule has 1 unspecified atom stereocenters. The van der Waals surface area contributed by atoms with E-state index >= 15 is 0 Å². The van der Waals surface area contributed by atoms with Crippen molar-refractivity contribution in [3.63, 3.8) is 0 Å². The molecule has 2 rings (SSSR count). The molecule has 0 aromatic heterocycles. The van der Waals surface area contributed by atoms with Gasteiger partial charge in [0.1, 0.15) is 0 Å². The zero-order valence-corrected chi connectivity index (χ0v) is 12.9. The maximum Gasteiger partial charge on any atom is 0.333 e. The van der Waals surface area contributed by atoms with Crippen LogP contribution < -0.4 is 5.32 Å². The fourth-order valence-corrected chi connectivity index (χ4v) is 2.18. The molecular formula is C17H18ClNO2. The molecule has 0 amide bonds. The van der Waals surface area contributed by atoms with Crippen LogP contribution in [0.3, 0.4) is 0 Å². The highest BCUT2D eigenvalue weighted by molar-refractivity contribution is 6.30. The molecule has 1 atom stereocenters. The number of para-hydroxylation sites is 1. The molecule has 0 fully saturated rings. The van der Waals surface area contributed by atoms with E-state index in [1.807, 2.05) is 43.3 Å². The fraction of sp³-hybridized carbons (Fsp3) is 0.235. The smallest absolute Gasteiger partial charge is 0.333 e. The number of nitrogens with one attached hydrogen (secondary N) is 1. The van der Waals surface area contributed by atoms with Gasteiger partial charge in [0.25, 0.3) is 0 Å². The molecular weight excluding hydrogens is 286 g/mol. The average molecular weight is 304 g/mol. The van der Waals surface area contributed by atoms with Crippen molar-refractivity contribution >= 4 is 23.3 Å². The summed E-state index contributed by atoms with van der Waals surface area (Å²) in [6, 6.07) is 14.5. The van der Waals surface area contributed by atoms with Crippen LogP contribution in [0.4, 0.5) is 5.69 Å². The summed E-state index contributed by atoms with van der Waals surface area (Å²) >= 11 is 5.91. The predicted molar refractivity (Wildman–Crippen MR) is 85.6 cm³/mol. The summed E-state index contributed by atoms with van der Waals surface area (Å²) in [7, 11) is 0. The molecule has 21 heavy (non-hydrogen) atoms. The Hall–Kier alpha value is -2.00. The highest BCUT2D eigenvalue weighted by atomic mass is 35.5. The normalized spacial score (nSPS) is 11.8. The maximum atomic E-state index is 12.2. The van der Waals surface area contributed by atoms with Crippen LogP contribution in [0.25, 0.3) is 0 Å². The van der Waals surface area contributed by atoms with Gasteiger partial charge in [0.05, 0.1) is 6.61 Å². The first-order valence-corrected chi connectivity index (χ1v) is 7.24. The molecule has 1 N–H and O–H groups in total. The zero-order valence-electron chi connectivity index (χ0n) is 12.1. The minimum Gasteiger partial charge on any atom is -0.464 e. The summed E-state index contributed by atoms with van der Waals surface area (Å²) in [5.41, 5.74) is 2.80. The van der Waals surface area contributed by atoms with Gasteiger partial charge in [0.15, 0.2) is 6.04 Å². The van der Waals surface area contributed by atoms with E-state index in [0.29, 0.717) is 11.6 Å². The first-order valence-electron chi connectivity index (χ1n) is 6.86. The Kier molecular flexibility index (Phi) is 5.23. The molecule has 2 aromatic rings. The lowest BCUT2D eigenvalue weighted by Gasteiger charge is -2.20. The number of halogens is 1. The molecule has 2 aromatic carbocycles. The second-order valence-electron chi connectivity index (χ2n) is 4.70. The second-order valence-corrected chi connectivity index (χ2v) is 5.13. The van der Waals surface area contributed by atoms with E-state index in [4.69, 9.17) is 16.3 Å². The van der Waals surface area contributed by atoms with Gasteiger partial charge in [0, 0.05) is 10.7 Å². The molecule has 0 aliphatic rings. The fourth-order valence-electron chi connectivity index (χ4n) is 2.05. The van der Waals surface area contributed by atoms with Crippen molar-refractivity contribution < 1.29 is 9.53 Å². The number of benzene rings is 2. The monoisotopic (exact) mass is 303 g/mol. The standard InChI is InChI=1S/C17H18ClNO2/c1-3-21-17(20)16(13-8-10-14(18)11-9-13)19-15-7-5-4-6-12(15)2/h4-11,16,19H,3H2,1-2H3. The van der Waals surface area contributed by atoms with Crippen LogP contribution >= 0.6 is 11.6 Å². The van der Waals surface area contributed by atoms with Crippen molar-refractivity contribution in [3.8, 4) is 0 Å². The van der Waals surface area contributed by atoms with Crippen LogP contribution in [-0.2, 0) is 9.53 Å². The minimum absolute atomic E-state index is 0.303. The first-order chi connectivity index (χ1) is 10.1. The Bertz CT molecular complexity index is 610. The largest absolute Gasteiger partial charge is 0.464 e. The summed E-state index contributed by atoms with van der Waals surface area (Å²) in [5.74, 6) is -0.303. The van der Waals surface area contributed by atoms with Crippen LogP contribution in [0.5, 0.6) is 0 Å². The summed E-state index contributed by atoms with van der Waals surface area (Å²) in [5, 5.41) is 3.89. The van der Waals surface area contributed by atoms with E-state index < -0.39 is 6.04 Å². The molecule has 4 heteroatoms. The molecule has 0 saturated carbocycles. The number of esters is 1. The van der Waals surface area contributed by atoms with Gasteiger partial charge >= 0.3 is 5.97 Å². The number of aryl methyl sites for hydroxylation is 1. The molecule has 0 spiro atoms. The molecule has 0 aliphatic carbocycles. The molecule has 0 bridgehead atoms. The van der Waals surface area contributed by atoms with Gasteiger partial charge in [-0.3, -0.25) is 0 Å². The van der Waals surface area contributed by atoms with Crippen molar-refractivity contribution in [1.82, 2.24) is 0 Å². The summed E-state index contributed by atoms with van der Waals surface area (Å²) in [4.78, 5) is 12.2. The number of hydrogen-bond acceptors (Lipinski definition) is 3. The topological polar surface area (TPSA) is 38.3 Å². The molecule has 0 saturated heterocycles. The van der Waals surface area contributed by atoms with Crippen molar-refractivity contribution in [2.75, 3.05) is 11.9 Å². The molecule has 110 valence electrons. The second kappa shape index (κ2) is 7.14. The van der Waals surface area contributed by atoms with Gasteiger partial charge in [-0.2, -0.15) is 0 Å². The van der Waals surface area contributed by atoms with E-state index in [2.05, 4.69) is 5.32 Å². The first kappa shape index (κ1) is 15.4. The Balaban J connectivity index is 2.30. The number of hydrogen-bond donors (Lipinski definition) is 1. The van der Waals surface area contributed by atoms with Gasteiger partial charge in [-0.05, 0) is 43.2 Å². The van der Waals surface area contributed by atoms with Crippen molar-refractivity contribution in [1.29, 1.82) is 0 Å². The molecule has 3 nitrogen and oxygen atoms in total. The Labute approximate surface area is 129 Å². The third-order valence-corrected chi connectivity index (χ3v) is 3.42. The number of carbonyl (C=O) groups excluding carboxylic acids is 1. The Morgan fingerprint density at radius 1 is 1.19 bits per heavy atom. The van der Waals surface area contributed by atoms with Gasteiger partial charge < -0.3 is 10.1 Å². The van der Waals surface area contributed by atoms with Gasteiger partial charge in [-0.1, -0.05) is 41.9 Å². The zero-order chi connectivity index (χ0) is 15.2. The van der Waals surface area contributed by atoms with Crippen LogP contribution in [-0.4, -0.2) is 12.6 Å². The van der Waals surface area contributed by atoms with Crippen molar-refractivity contribution in [3.05, 3.63) is 64.7 Å². The maximum absolute atomic E-state index is 12.2. The van der Waals surface area contributed by atoms with E-state index in [1.165, 1.54) is 0 Å². The van der Waals surface area contributed by atoms with Gasteiger partial charge in [0.2, 0.25) is 0 Å². The number of rotatable bonds is 5. The third kappa shape index (κ3) is 3.99. The van der Waals surface area contributed by atoms with E-state index in [-0.39, 0.29) is 5.97 Å². The van der Waals surface area contributed by atoms with Crippen molar-refractivity contribution in [2.45, 2.75) is 19.9 Å². The van der Waals surface area contributed by atoms with E-state index in [1.54, 1.807) is 19.1 Å². The molecule has 0 radical (unpaired) electrons. The van der Waals surface area contributed by atoms with Crippen LogP contribution in [0.1, 0.15) is 24.1 Å². The van der Waals surface area contributed by atoms with Crippen LogP contribution in [0.2, 0.25) is 5.02 Å². The highest BCUT2D eigenvalue weighted by Crippen LogP contribution is 2.24. The van der Waals surface area contributed by atoms with Crippen LogP contribution in [0, 0.1) is 6.92 Å². The predicted octanol–water partition coefficient (Wildman–Crippen LogP) is 4.36. The van der Waals surface area contributed by atoms with Crippen LogP contribution in [0.15, 0.2) is 48.5 Å². The summed E-state index contributed by atoms with van der Waals surface area (Å²) in [6.45, 7) is 4.13. The number of anilines is 1. The van der Waals surface area contributed by atoms with Gasteiger partial charge in [-0.15, -0.1) is 0 Å². The lowest BCUT2D eigenvalue weighted by molar-refractivity contribution is -0.144. The number of ether oxygens (including phenoxy) is 1. The van der Waals surface area contributed by atoms with Gasteiger partial charge in [-0.25, -0.2) is 4.79 Å². The third-order valence-electron chi connectivity index (χ3n) is 3.17. The Morgan fingerprint density at radius 3 is 2.48 bits per heavy atom. The van der Waals surface area contributed by atoms with E-state index in [0.717, 1.165) is 16.8 Å². The molecule has 0 aliphatic heterocycles. The summed E-state index contributed by atoms with van der Waals surface area (Å²) < 4.78 is 5.17. The van der Waals surface area contributed by atoms with E-state index in [9.17, 15) is 4.79 Å². The lowest BCUT2D eigenvalue weighted by Crippen LogP contribution is -2.23. The average Bonchev–Trinajstić information content (AvgIpc) is 2.48.